The lowest BCUT2D eigenvalue weighted by Crippen LogP contribution is -2.52. The van der Waals surface area contributed by atoms with Crippen LogP contribution in [0.25, 0.3) is 0 Å². The van der Waals surface area contributed by atoms with Gasteiger partial charge in [0.05, 0.1) is 14.2 Å². The van der Waals surface area contributed by atoms with Crippen molar-refractivity contribution in [2.24, 2.45) is 5.92 Å². The molecule has 2 saturated heterocycles. The summed E-state index contributed by atoms with van der Waals surface area (Å²) in [6.07, 6.45) is 1.87. The summed E-state index contributed by atoms with van der Waals surface area (Å²) in [6, 6.07) is 3.52. The maximum Gasteiger partial charge on any atom is 0.325 e. The number of ether oxygens (including phenoxy) is 2. The van der Waals surface area contributed by atoms with Crippen LogP contribution in [0.5, 0.6) is 11.5 Å². The Hall–Kier alpha value is -2.81. The smallest absolute Gasteiger partial charge is 0.325 e. The van der Waals surface area contributed by atoms with E-state index in [1.54, 1.807) is 26.0 Å². The topological polar surface area (TPSA) is 91.4 Å². The third kappa shape index (κ3) is 4.13. The Morgan fingerprint density at radius 2 is 1.72 bits per heavy atom. The summed E-state index contributed by atoms with van der Waals surface area (Å²) in [5.41, 5.74) is 1.42. The summed E-state index contributed by atoms with van der Waals surface area (Å²) in [4.78, 5) is 43.0. The van der Waals surface area contributed by atoms with Gasteiger partial charge in [0, 0.05) is 32.7 Å². The minimum absolute atomic E-state index is 0.183. The number of aryl methyl sites for hydroxylation is 1. The molecule has 3 aliphatic rings. The molecule has 0 spiro atoms. The Balaban J connectivity index is 1.32. The quantitative estimate of drug-likeness (QED) is 0.639. The minimum atomic E-state index is -0.854. The number of piperazine rings is 1. The van der Waals surface area contributed by atoms with Crippen LogP contribution in [0.3, 0.4) is 0 Å². The molecule has 2 heterocycles. The third-order valence-electron chi connectivity index (χ3n) is 6.95. The summed E-state index contributed by atoms with van der Waals surface area (Å²) in [7, 11) is 3.25. The van der Waals surface area contributed by atoms with Gasteiger partial charge in [-0.15, -0.1) is 0 Å². The summed E-state index contributed by atoms with van der Waals surface area (Å²) in [6.45, 7) is 6.94. The SMILES string of the molecule is COc1cc(C)c(CN2CCN(C(=O)CN3C(=O)N[C@@](C)(C4CC4)C3=O)CC2)cc1OC. The van der Waals surface area contributed by atoms with Crippen molar-refractivity contribution in [2.45, 2.75) is 38.8 Å². The summed E-state index contributed by atoms with van der Waals surface area (Å²) in [5, 5.41) is 2.80. The molecule has 0 unspecified atom stereocenters. The minimum Gasteiger partial charge on any atom is -0.493 e. The number of urea groups is 1. The first kappa shape index (κ1) is 22.4. The number of hydrogen-bond acceptors (Lipinski definition) is 6. The predicted octanol–water partition coefficient (Wildman–Crippen LogP) is 1.38. The molecule has 4 amide bonds. The lowest BCUT2D eigenvalue weighted by Gasteiger charge is -2.35. The molecule has 32 heavy (non-hydrogen) atoms. The molecule has 4 rings (SSSR count). The van der Waals surface area contributed by atoms with E-state index in [0.29, 0.717) is 24.6 Å². The number of benzene rings is 1. The first-order valence-electron chi connectivity index (χ1n) is 11.1. The Morgan fingerprint density at radius 1 is 1.09 bits per heavy atom. The molecule has 1 atom stereocenters. The molecule has 1 aromatic carbocycles. The highest BCUT2D eigenvalue weighted by molar-refractivity contribution is 6.09. The molecule has 1 N–H and O–H groups in total. The fourth-order valence-electron chi connectivity index (χ4n) is 4.62. The average molecular weight is 445 g/mol. The standard InChI is InChI=1S/C23H32N4O5/c1-15-11-18(31-3)19(32-4)12-16(15)13-25-7-9-26(10-8-25)20(28)14-27-21(29)23(2,17-5-6-17)24-22(27)30/h11-12,17H,5-10,13-14H2,1-4H3,(H,24,30)/t23-/m0/s1. The van der Waals surface area contributed by atoms with Crippen molar-refractivity contribution in [1.82, 2.24) is 20.0 Å². The van der Waals surface area contributed by atoms with Crippen LogP contribution >= 0.6 is 0 Å². The molecule has 0 bridgehead atoms. The third-order valence-corrected chi connectivity index (χ3v) is 6.95. The van der Waals surface area contributed by atoms with Crippen molar-refractivity contribution in [3.05, 3.63) is 23.3 Å². The van der Waals surface area contributed by atoms with Crippen LogP contribution in [-0.4, -0.2) is 85.0 Å². The van der Waals surface area contributed by atoms with Crippen LogP contribution in [0, 0.1) is 12.8 Å². The highest BCUT2D eigenvalue weighted by atomic mass is 16.5. The molecule has 174 valence electrons. The number of imide groups is 1. The van der Waals surface area contributed by atoms with Crippen molar-refractivity contribution >= 4 is 17.8 Å². The number of hydrogen-bond donors (Lipinski definition) is 1. The van der Waals surface area contributed by atoms with Gasteiger partial charge in [0.25, 0.3) is 5.91 Å². The number of methoxy groups -OCH3 is 2. The summed E-state index contributed by atoms with van der Waals surface area (Å²) in [5.74, 6) is 1.13. The molecule has 0 aromatic heterocycles. The van der Waals surface area contributed by atoms with Gasteiger partial charge in [-0.05, 0) is 55.9 Å². The van der Waals surface area contributed by atoms with Gasteiger partial charge in [0.2, 0.25) is 5.91 Å². The lowest BCUT2D eigenvalue weighted by molar-refractivity contribution is -0.140. The molecule has 1 aromatic rings. The molecule has 0 radical (unpaired) electrons. The van der Waals surface area contributed by atoms with Crippen molar-refractivity contribution < 1.29 is 23.9 Å². The van der Waals surface area contributed by atoms with Crippen molar-refractivity contribution in [2.75, 3.05) is 46.9 Å². The van der Waals surface area contributed by atoms with E-state index >= 15 is 0 Å². The Labute approximate surface area is 188 Å². The first-order chi connectivity index (χ1) is 15.3. The van der Waals surface area contributed by atoms with E-state index < -0.39 is 11.6 Å². The van der Waals surface area contributed by atoms with E-state index in [2.05, 4.69) is 10.2 Å². The van der Waals surface area contributed by atoms with Gasteiger partial charge in [-0.3, -0.25) is 19.4 Å². The molecule has 3 fully saturated rings. The highest BCUT2D eigenvalue weighted by Gasteiger charge is 2.56. The van der Waals surface area contributed by atoms with E-state index in [1.165, 1.54) is 0 Å². The van der Waals surface area contributed by atoms with E-state index in [1.807, 2.05) is 19.1 Å². The fraction of sp³-hybridized carbons (Fsp3) is 0.609. The van der Waals surface area contributed by atoms with Crippen molar-refractivity contribution in [3.63, 3.8) is 0 Å². The van der Waals surface area contributed by atoms with Crippen LogP contribution in [0.2, 0.25) is 0 Å². The van der Waals surface area contributed by atoms with Gasteiger partial charge in [-0.1, -0.05) is 0 Å². The normalized spacial score (nSPS) is 24.0. The Morgan fingerprint density at radius 3 is 2.31 bits per heavy atom. The zero-order valence-electron chi connectivity index (χ0n) is 19.3. The van der Waals surface area contributed by atoms with Gasteiger partial charge in [-0.25, -0.2) is 4.79 Å². The van der Waals surface area contributed by atoms with Crippen LogP contribution in [0.4, 0.5) is 4.79 Å². The zero-order chi connectivity index (χ0) is 23.0. The van der Waals surface area contributed by atoms with E-state index in [-0.39, 0.29) is 24.3 Å². The first-order valence-corrected chi connectivity index (χ1v) is 11.1. The van der Waals surface area contributed by atoms with Crippen molar-refractivity contribution in [1.29, 1.82) is 0 Å². The maximum atomic E-state index is 12.8. The Bertz CT molecular complexity index is 923. The molecular weight excluding hydrogens is 412 g/mol. The number of amides is 4. The molecule has 1 aliphatic carbocycles. The van der Waals surface area contributed by atoms with Gasteiger partial charge >= 0.3 is 6.03 Å². The van der Waals surface area contributed by atoms with Crippen LogP contribution < -0.4 is 14.8 Å². The number of carbonyl (C=O) groups is 3. The van der Waals surface area contributed by atoms with Gasteiger partial charge in [-0.2, -0.15) is 0 Å². The average Bonchev–Trinajstić information content (AvgIpc) is 3.61. The van der Waals surface area contributed by atoms with Gasteiger partial charge in [0.15, 0.2) is 11.5 Å². The van der Waals surface area contributed by atoms with E-state index in [9.17, 15) is 14.4 Å². The number of nitrogens with zero attached hydrogens (tertiary/aromatic N) is 3. The molecule has 1 saturated carbocycles. The van der Waals surface area contributed by atoms with Gasteiger partial charge in [0.1, 0.15) is 12.1 Å². The van der Waals surface area contributed by atoms with Crippen LogP contribution in [0.15, 0.2) is 12.1 Å². The fourth-order valence-corrected chi connectivity index (χ4v) is 4.62. The van der Waals surface area contributed by atoms with Crippen LogP contribution in [0.1, 0.15) is 30.9 Å². The summed E-state index contributed by atoms with van der Waals surface area (Å²) < 4.78 is 10.8. The number of rotatable bonds is 7. The van der Waals surface area contributed by atoms with Crippen molar-refractivity contribution in [3.8, 4) is 11.5 Å². The van der Waals surface area contributed by atoms with Crippen LogP contribution in [-0.2, 0) is 16.1 Å². The predicted molar refractivity (Wildman–Crippen MR) is 118 cm³/mol. The Kier molecular flexibility index (Phi) is 6.03. The largest absolute Gasteiger partial charge is 0.493 e. The monoisotopic (exact) mass is 444 g/mol. The second-order valence-corrected chi connectivity index (χ2v) is 9.09. The highest BCUT2D eigenvalue weighted by Crippen LogP contribution is 2.42. The lowest BCUT2D eigenvalue weighted by atomic mass is 9.96. The van der Waals surface area contributed by atoms with E-state index in [0.717, 1.165) is 48.5 Å². The molecule has 2 aliphatic heterocycles. The maximum absolute atomic E-state index is 12.8. The molecule has 9 heteroatoms. The molecule has 9 nitrogen and oxygen atoms in total. The second-order valence-electron chi connectivity index (χ2n) is 9.09. The number of carbonyl (C=O) groups excluding carboxylic acids is 3. The van der Waals surface area contributed by atoms with E-state index in [4.69, 9.17) is 9.47 Å². The number of nitrogens with one attached hydrogen (secondary N) is 1. The molecular formula is C23H32N4O5. The second kappa shape index (κ2) is 8.61. The van der Waals surface area contributed by atoms with Gasteiger partial charge < -0.3 is 19.7 Å². The zero-order valence-corrected chi connectivity index (χ0v) is 19.3. The summed E-state index contributed by atoms with van der Waals surface area (Å²) >= 11 is 0.